The standard InChI is InChI=1S/C13H13F3N2OS/c1-7-8(2)20-12(18-7)5-11(19)10-4-3-9(6-17-10)13(14,15)16/h3-4,6,11,19H,5H2,1-2H3. The van der Waals surface area contributed by atoms with E-state index in [-0.39, 0.29) is 12.1 Å². The van der Waals surface area contributed by atoms with Crippen LogP contribution in [0.25, 0.3) is 0 Å². The fraction of sp³-hybridized carbons (Fsp3) is 0.385. The summed E-state index contributed by atoms with van der Waals surface area (Å²) in [7, 11) is 0. The van der Waals surface area contributed by atoms with Gasteiger partial charge in [0.2, 0.25) is 0 Å². The predicted octanol–water partition coefficient (Wildman–Crippen LogP) is 3.45. The first-order valence-corrected chi connectivity index (χ1v) is 6.73. The Morgan fingerprint density at radius 1 is 1.30 bits per heavy atom. The van der Waals surface area contributed by atoms with Crippen molar-refractivity contribution in [1.29, 1.82) is 0 Å². The van der Waals surface area contributed by atoms with Gasteiger partial charge in [0.25, 0.3) is 0 Å². The summed E-state index contributed by atoms with van der Waals surface area (Å²) in [5, 5.41) is 10.7. The lowest BCUT2D eigenvalue weighted by molar-refractivity contribution is -0.137. The summed E-state index contributed by atoms with van der Waals surface area (Å²) >= 11 is 1.47. The van der Waals surface area contributed by atoms with E-state index in [1.807, 2.05) is 13.8 Å². The van der Waals surface area contributed by atoms with E-state index in [0.29, 0.717) is 0 Å². The largest absolute Gasteiger partial charge is 0.417 e. The molecule has 7 heteroatoms. The number of aromatic nitrogens is 2. The third-order valence-electron chi connectivity index (χ3n) is 2.90. The average molecular weight is 302 g/mol. The van der Waals surface area contributed by atoms with Gasteiger partial charge in [-0.3, -0.25) is 4.98 Å². The van der Waals surface area contributed by atoms with E-state index < -0.39 is 17.8 Å². The number of halogens is 3. The molecule has 2 heterocycles. The molecule has 0 saturated heterocycles. The lowest BCUT2D eigenvalue weighted by Gasteiger charge is -2.10. The van der Waals surface area contributed by atoms with Crippen molar-refractivity contribution in [3.05, 3.63) is 45.2 Å². The number of rotatable bonds is 3. The van der Waals surface area contributed by atoms with E-state index in [0.717, 1.165) is 27.8 Å². The van der Waals surface area contributed by atoms with Crippen molar-refractivity contribution in [2.24, 2.45) is 0 Å². The smallest absolute Gasteiger partial charge is 0.386 e. The topological polar surface area (TPSA) is 46.0 Å². The molecule has 0 aliphatic heterocycles. The molecule has 2 rings (SSSR count). The minimum atomic E-state index is -4.42. The van der Waals surface area contributed by atoms with Crippen LogP contribution in [-0.2, 0) is 12.6 Å². The van der Waals surface area contributed by atoms with Crippen molar-refractivity contribution >= 4 is 11.3 Å². The fourth-order valence-corrected chi connectivity index (χ4v) is 2.64. The van der Waals surface area contributed by atoms with Crippen LogP contribution in [0.4, 0.5) is 13.2 Å². The monoisotopic (exact) mass is 302 g/mol. The Morgan fingerprint density at radius 3 is 2.45 bits per heavy atom. The molecule has 1 atom stereocenters. The number of aliphatic hydroxyl groups is 1. The predicted molar refractivity (Wildman–Crippen MR) is 69.5 cm³/mol. The molecule has 0 bridgehead atoms. The summed E-state index contributed by atoms with van der Waals surface area (Å²) in [6, 6.07) is 2.12. The van der Waals surface area contributed by atoms with Gasteiger partial charge < -0.3 is 5.11 Å². The highest BCUT2D eigenvalue weighted by atomic mass is 32.1. The van der Waals surface area contributed by atoms with Crippen LogP contribution in [0, 0.1) is 13.8 Å². The molecule has 108 valence electrons. The normalized spacial score (nSPS) is 13.5. The minimum Gasteiger partial charge on any atom is -0.386 e. The summed E-state index contributed by atoms with van der Waals surface area (Å²) in [6.45, 7) is 3.80. The Balaban J connectivity index is 2.11. The van der Waals surface area contributed by atoms with Crippen molar-refractivity contribution in [2.75, 3.05) is 0 Å². The number of hydrogen-bond acceptors (Lipinski definition) is 4. The second kappa shape index (κ2) is 5.49. The Morgan fingerprint density at radius 2 is 2.00 bits per heavy atom. The molecule has 0 spiro atoms. The second-order valence-corrected chi connectivity index (χ2v) is 5.73. The van der Waals surface area contributed by atoms with Crippen LogP contribution in [0.5, 0.6) is 0 Å². The zero-order valence-electron chi connectivity index (χ0n) is 10.9. The summed E-state index contributed by atoms with van der Waals surface area (Å²) in [4.78, 5) is 9.02. The van der Waals surface area contributed by atoms with Gasteiger partial charge in [0, 0.05) is 17.5 Å². The van der Waals surface area contributed by atoms with Crippen molar-refractivity contribution in [3.63, 3.8) is 0 Å². The Labute approximate surface area is 118 Å². The number of alkyl halides is 3. The van der Waals surface area contributed by atoms with Crippen LogP contribution in [0.2, 0.25) is 0 Å². The molecule has 1 unspecified atom stereocenters. The SMILES string of the molecule is Cc1nc(CC(O)c2ccc(C(F)(F)F)cn2)sc1C. The zero-order valence-corrected chi connectivity index (χ0v) is 11.7. The van der Waals surface area contributed by atoms with Gasteiger partial charge >= 0.3 is 6.18 Å². The first kappa shape index (κ1) is 14.9. The van der Waals surface area contributed by atoms with Crippen molar-refractivity contribution in [1.82, 2.24) is 9.97 Å². The molecule has 0 aliphatic rings. The third kappa shape index (κ3) is 3.34. The maximum absolute atomic E-state index is 12.4. The van der Waals surface area contributed by atoms with E-state index in [1.165, 1.54) is 17.4 Å². The van der Waals surface area contributed by atoms with E-state index in [2.05, 4.69) is 9.97 Å². The number of thiazole rings is 1. The minimum absolute atomic E-state index is 0.212. The van der Waals surface area contributed by atoms with Gasteiger partial charge in [-0.05, 0) is 26.0 Å². The van der Waals surface area contributed by atoms with Crippen LogP contribution in [0.1, 0.15) is 32.9 Å². The van der Waals surface area contributed by atoms with Gasteiger partial charge in [0.15, 0.2) is 0 Å². The number of aryl methyl sites for hydroxylation is 2. The van der Waals surface area contributed by atoms with Gasteiger partial charge in [0.1, 0.15) is 6.10 Å². The third-order valence-corrected chi connectivity index (χ3v) is 3.99. The number of hydrogen-bond donors (Lipinski definition) is 1. The molecular formula is C13H13F3N2OS. The van der Waals surface area contributed by atoms with E-state index in [9.17, 15) is 18.3 Å². The molecule has 2 aromatic rings. The molecular weight excluding hydrogens is 289 g/mol. The highest BCUT2D eigenvalue weighted by Gasteiger charge is 2.30. The van der Waals surface area contributed by atoms with Gasteiger partial charge in [-0.1, -0.05) is 0 Å². The van der Waals surface area contributed by atoms with Gasteiger partial charge in [-0.15, -0.1) is 11.3 Å². The number of nitrogens with zero attached hydrogens (tertiary/aromatic N) is 2. The maximum Gasteiger partial charge on any atom is 0.417 e. The molecule has 0 amide bonds. The molecule has 0 aliphatic carbocycles. The molecule has 1 N–H and O–H groups in total. The highest BCUT2D eigenvalue weighted by Crippen LogP contribution is 2.29. The second-order valence-electron chi connectivity index (χ2n) is 4.44. The summed E-state index contributed by atoms with van der Waals surface area (Å²) in [5.41, 5.74) is 0.287. The van der Waals surface area contributed by atoms with Crippen LogP contribution < -0.4 is 0 Å². The lowest BCUT2D eigenvalue weighted by Crippen LogP contribution is -2.08. The van der Waals surface area contributed by atoms with E-state index in [1.54, 1.807) is 0 Å². The molecule has 0 saturated carbocycles. The highest BCUT2D eigenvalue weighted by molar-refractivity contribution is 7.11. The number of pyridine rings is 1. The molecule has 0 aromatic carbocycles. The maximum atomic E-state index is 12.4. The average Bonchev–Trinajstić information content (AvgIpc) is 2.67. The van der Waals surface area contributed by atoms with Gasteiger partial charge in [-0.2, -0.15) is 13.2 Å². The molecule has 20 heavy (non-hydrogen) atoms. The molecule has 0 radical (unpaired) electrons. The van der Waals surface area contributed by atoms with Crippen LogP contribution in [-0.4, -0.2) is 15.1 Å². The first-order chi connectivity index (χ1) is 9.27. The quantitative estimate of drug-likeness (QED) is 0.944. The summed E-state index contributed by atoms with van der Waals surface area (Å²) < 4.78 is 37.2. The molecule has 3 nitrogen and oxygen atoms in total. The number of aliphatic hydroxyl groups excluding tert-OH is 1. The van der Waals surface area contributed by atoms with Crippen molar-refractivity contribution in [2.45, 2.75) is 32.5 Å². The Bertz CT molecular complexity index is 573. The zero-order chi connectivity index (χ0) is 14.9. The Hall–Kier alpha value is -1.47. The van der Waals surface area contributed by atoms with Crippen molar-refractivity contribution in [3.8, 4) is 0 Å². The molecule has 0 fully saturated rings. The first-order valence-electron chi connectivity index (χ1n) is 5.91. The summed E-state index contributed by atoms with van der Waals surface area (Å²) in [5.74, 6) is 0. The van der Waals surface area contributed by atoms with Crippen LogP contribution in [0.15, 0.2) is 18.3 Å². The Kier molecular flexibility index (Phi) is 4.10. The van der Waals surface area contributed by atoms with Gasteiger partial charge in [-0.25, -0.2) is 4.98 Å². The fourth-order valence-electron chi connectivity index (χ4n) is 1.67. The van der Waals surface area contributed by atoms with Gasteiger partial charge in [0.05, 0.1) is 22.0 Å². The van der Waals surface area contributed by atoms with Crippen LogP contribution >= 0.6 is 11.3 Å². The van der Waals surface area contributed by atoms with Crippen molar-refractivity contribution < 1.29 is 18.3 Å². The summed E-state index contributed by atoms with van der Waals surface area (Å²) in [6.07, 6.45) is -4.39. The van der Waals surface area contributed by atoms with E-state index >= 15 is 0 Å². The molecule has 2 aromatic heterocycles. The van der Waals surface area contributed by atoms with Crippen LogP contribution in [0.3, 0.4) is 0 Å². The lowest BCUT2D eigenvalue weighted by atomic mass is 10.1. The van der Waals surface area contributed by atoms with E-state index in [4.69, 9.17) is 0 Å².